The molecule has 0 unspecified atom stereocenters. The monoisotopic (exact) mass is 332 g/mol. The van der Waals surface area contributed by atoms with Gasteiger partial charge in [-0.05, 0) is 18.6 Å². The molecule has 0 aromatic heterocycles. The van der Waals surface area contributed by atoms with Crippen molar-refractivity contribution in [1.82, 2.24) is 4.90 Å². The lowest BCUT2D eigenvalue weighted by atomic mass is 10.1. The molecule has 0 fully saturated rings. The first-order valence-electron chi connectivity index (χ1n) is 7.15. The molecule has 4 nitrogen and oxygen atoms in total. The van der Waals surface area contributed by atoms with Crippen molar-refractivity contribution in [2.24, 2.45) is 0 Å². The zero-order valence-corrected chi connectivity index (χ0v) is 13.8. The normalized spacial score (nSPS) is 10.7. The maximum absolute atomic E-state index is 12.5. The molecule has 0 bridgehead atoms. The summed E-state index contributed by atoms with van der Waals surface area (Å²) in [6.07, 6.45) is 4.25. The molecule has 0 spiro atoms. The predicted molar refractivity (Wildman–Crippen MR) is 88.0 cm³/mol. The molecular weight excluding hydrogens is 311 g/mol. The summed E-state index contributed by atoms with van der Waals surface area (Å²) in [5.41, 5.74) is 6.33. The standard InChI is InChI=1S/C15H22Cl2N2O2/c1-2-3-4-5-6-19(7-8-20)15(21)11-9-12(16)14(18)13(17)10-11/h9-10,20H,2-8,18H2,1H3. The van der Waals surface area contributed by atoms with Crippen LogP contribution in [0.25, 0.3) is 0 Å². The molecule has 21 heavy (non-hydrogen) atoms. The lowest BCUT2D eigenvalue weighted by molar-refractivity contribution is 0.0718. The number of hydrogen-bond acceptors (Lipinski definition) is 3. The van der Waals surface area contributed by atoms with E-state index in [1.54, 1.807) is 4.90 Å². The summed E-state index contributed by atoms with van der Waals surface area (Å²) in [5, 5.41) is 9.65. The number of nitrogens with two attached hydrogens (primary N) is 1. The molecule has 3 N–H and O–H groups in total. The van der Waals surface area contributed by atoms with E-state index in [0.717, 1.165) is 25.7 Å². The SMILES string of the molecule is CCCCCCN(CCO)C(=O)c1cc(Cl)c(N)c(Cl)c1. The number of aliphatic hydroxyl groups excluding tert-OH is 1. The average molecular weight is 333 g/mol. The Bertz CT molecular complexity index is 458. The van der Waals surface area contributed by atoms with Gasteiger partial charge in [0.2, 0.25) is 0 Å². The zero-order chi connectivity index (χ0) is 15.8. The van der Waals surface area contributed by atoms with Gasteiger partial charge in [0.25, 0.3) is 5.91 Å². The highest BCUT2D eigenvalue weighted by Gasteiger charge is 2.17. The summed E-state index contributed by atoms with van der Waals surface area (Å²) in [6.45, 7) is 2.97. The van der Waals surface area contributed by atoms with Gasteiger partial charge in [-0.15, -0.1) is 0 Å². The van der Waals surface area contributed by atoms with E-state index in [0.29, 0.717) is 18.7 Å². The Labute approximate surface area is 135 Å². The van der Waals surface area contributed by atoms with E-state index in [9.17, 15) is 4.79 Å². The first kappa shape index (κ1) is 18.1. The smallest absolute Gasteiger partial charge is 0.254 e. The Hall–Kier alpha value is -0.970. The minimum absolute atomic E-state index is 0.0735. The van der Waals surface area contributed by atoms with Crippen LogP contribution >= 0.6 is 23.2 Å². The number of carbonyl (C=O) groups excluding carboxylic acids is 1. The molecule has 0 saturated heterocycles. The van der Waals surface area contributed by atoms with Gasteiger partial charge >= 0.3 is 0 Å². The number of nitrogen functional groups attached to an aromatic ring is 1. The highest BCUT2D eigenvalue weighted by atomic mass is 35.5. The van der Waals surface area contributed by atoms with Gasteiger partial charge in [-0.2, -0.15) is 0 Å². The largest absolute Gasteiger partial charge is 0.396 e. The number of anilines is 1. The Kier molecular flexibility index (Phi) is 7.86. The maximum atomic E-state index is 12.5. The summed E-state index contributed by atoms with van der Waals surface area (Å²) in [6, 6.07) is 3.03. The molecule has 1 aromatic carbocycles. The Morgan fingerprint density at radius 2 is 1.81 bits per heavy atom. The van der Waals surface area contributed by atoms with Crippen LogP contribution in [0.15, 0.2) is 12.1 Å². The van der Waals surface area contributed by atoms with Crippen molar-refractivity contribution in [3.8, 4) is 0 Å². The molecule has 6 heteroatoms. The fourth-order valence-corrected chi connectivity index (χ4v) is 2.54. The molecule has 118 valence electrons. The van der Waals surface area contributed by atoms with Gasteiger partial charge in [0.15, 0.2) is 0 Å². The van der Waals surface area contributed by atoms with Crippen LogP contribution in [0, 0.1) is 0 Å². The summed E-state index contributed by atoms with van der Waals surface area (Å²) < 4.78 is 0. The third-order valence-corrected chi connectivity index (χ3v) is 3.89. The van der Waals surface area contributed by atoms with E-state index in [1.807, 2.05) is 0 Å². The second kappa shape index (κ2) is 9.13. The summed E-state index contributed by atoms with van der Waals surface area (Å²) in [7, 11) is 0. The van der Waals surface area contributed by atoms with Crippen LogP contribution in [-0.4, -0.2) is 35.6 Å². The van der Waals surface area contributed by atoms with Gasteiger partial charge in [-0.1, -0.05) is 49.4 Å². The van der Waals surface area contributed by atoms with Crippen molar-refractivity contribution in [1.29, 1.82) is 0 Å². The number of benzene rings is 1. The quantitative estimate of drug-likeness (QED) is 0.564. The number of rotatable bonds is 8. The maximum Gasteiger partial charge on any atom is 0.254 e. The lowest BCUT2D eigenvalue weighted by Crippen LogP contribution is -2.34. The van der Waals surface area contributed by atoms with Crippen molar-refractivity contribution in [3.05, 3.63) is 27.7 Å². The molecule has 1 aromatic rings. The Morgan fingerprint density at radius 1 is 1.19 bits per heavy atom. The number of unbranched alkanes of at least 4 members (excludes halogenated alkanes) is 3. The second-order valence-electron chi connectivity index (χ2n) is 4.93. The number of hydrogen-bond donors (Lipinski definition) is 2. The van der Waals surface area contributed by atoms with Crippen LogP contribution in [0.5, 0.6) is 0 Å². The van der Waals surface area contributed by atoms with Crippen molar-refractivity contribution in [2.75, 3.05) is 25.4 Å². The first-order chi connectivity index (χ1) is 10.0. The van der Waals surface area contributed by atoms with Crippen LogP contribution in [0.3, 0.4) is 0 Å². The number of nitrogens with zero attached hydrogens (tertiary/aromatic N) is 1. The number of halogens is 2. The van der Waals surface area contributed by atoms with Gasteiger partial charge in [-0.25, -0.2) is 0 Å². The zero-order valence-electron chi connectivity index (χ0n) is 12.2. The van der Waals surface area contributed by atoms with Gasteiger partial charge in [-0.3, -0.25) is 4.79 Å². The summed E-state index contributed by atoms with van der Waals surface area (Å²) >= 11 is 11.9. The number of amides is 1. The molecule has 0 aliphatic heterocycles. The summed E-state index contributed by atoms with van der Waals surface area (Å²) in [4.78, 5) is 14.1. The van der Waals surface area contributed by atoms with Gasteiger partial charge in [0.05, 0.1) is 22.3 Å². The van der Waals surface area contributed by atoms with Crippen LogP contribution in [0.1, 0.15) is 43.0 Å². The third kappa shape index (κ3) is 5.38. The van der Waals surface area contributed by atoms with Crippen molar-refractivity contribution in [2.45, 2.75) is 32.6 Å². The van der Waals surface area contributed by atoms with Crippen molar-refractivity contribution in [3.63, 3.8) is 0 Å². The summed E-state index contributed by atoms with van der Waals surface area (Å²) in [5.74, 6) is -0.190. The molecule has 0 aliphatic carbocycles. The van der Waals surface area contributed by atoms with Crippen LogP contribution in [-0.2, 0) is 0 Å². The minimum Gasteiger partial charge on any atom is -0.396 e. The van der Waals surface area contributed by atoms with E-state index >= 15 is 0 Å². The Balaban J connectivity index is 2.80. The van der Waals surface area contributed by atoms with E-state index in [1.165, 1.54) is 12.1 Å². The molecule has 0 heterocycles. The Morgan fingerprint density at radius 3 is 2.33 bits per heavy atom. The average Bonchev–Trinajstić information content (AvgIpc) is 2.46. The van der Waals surface area contributed by atoms with Crippen LogP contribution < -0.4 is 5.73 Å². The molecule has 0 radical (unpaired) electrons. The van der Waals surface area contributed by atoms with E-state index < -0.39 is 0 Å². The second-order valence-corrected chi connectivity index (χ2v) is 5.74. The van der Waals surface area contributed by atoms with Crippen molar-refractivity contribution < 1.29 is 9.90 Å². The van der Waals surface area contributed by atoms with Crippen LogP contribution in [0.2, 0.25) is 10.0 Å². The topological polar surface area (TPSA) is 66.6 Å². The van der Waals surface area contributed by atoms with E-state index in [-0.39, 0.29) is 28.2 Å². The minimum atomic E-state index is -0.190. The van der Waals surface area contributed by atoms with Gasteiger partial charge in [0, 0.05) is 18.7 Å². The van der Waals surface area contributed by atoms with Gasteiger partial charge in [0.1, 0.15) is 0 Å². The van der Waals surface area contributed by atoms with Crippen molar-refractivity contribution >= 4 is 34.8 Å². The third-order valence-electron chi connectivity index (χ3n) is 3.26. The predicted octanol–water partition coefficient (Wildman–Crippen LogP) is 3.59. The van der Waals surface area contributed by atoms with E-state index in [4.69, 9.17) is 34.0 Å². The lowest BCUT2D eigenvalue weighted by Gasteiger charge is -2.22. The molecule has 0 saturated carbocycles. The number of carbonyl (C=O) groups is 1. The van der Waals surface area contributed by atoms with Gasteiger partial charge < -0.3 is 15.7 Å². The first-order valence-corrected chi connectivity index (χ1v) is 7.91. The fourth-order valence-electron chi connectivity index (χ4n) is 2.06. The number of aliphatic hydroxyl groups is 1. The molecule has 0 aliphatic rings. The van der Waals surface area contributed by atoms with Crippen LogP contribution in [0.4, 0.5) is 5.69 Å². The fraction of sp³-hybridized carbons (Fsp3) is 0.533. The molecule has 1 rings (SSSR count). The van der Waals surface area contributed by atoms with E-state index in [2.05, 4.69) is 6.92 Å². The molecule has 1 amide bonds. The highest BCUT2D eigenvalue weighted by Crippen LogP contribution is 2.29. The molecule has 0 atom stereocenters. The molecular formula is C15H22Cl2N2O2. The highest BCUT2D eigenvalue weighted by molar-refractivity contribution is 6.39.